The summed E-state index contributed by atoms with van der Waals surface area (Å²) >= 11 is 0. The van der Waals surface area contributed by atoms with Crippen LogP contribution in [0.2, 0.25) is 0 Å². The molecule has 1 aromatic carbocycles. The van der Waals surface area contributed by atoms with E-state index in [2.05, 4.69) is 17.1 Å². The van der Waals surface area contributed by atoms with Crippen molar-refractivity contribution in [1.29, 1.82) is 0 Å². The van der Waals surface area contributed by atoms with Crippen molar-refractivity contribution in [1.82, 2.24) is 15.2 Å². The van der Waals surface area contributed by atoms with E-state index < -0.39 is 10.0 Å². The second kappa shape index (κ2) is 8.21. The monoisotopic (exact) mass is 301 g/mol. The lowest BCUT2D eigenvalue weighted by atomic mass is 10.3. The fourth-order valence-corrected chi connectivity index (χ4v) is 2.63. The van der Waals surface area contributed by atoms with Gasteiger partial charge in [0.2, 0.25) is 0 Å². The van der Waals surface area contributed by atoms with Crippen molar-refractivity contribution in [3.8, 4) is 5.75 Å². The molecule has 0 aliphatic heterocycles. The maximum atomic E-state index is 11.9. The van der Waals surface area contributed by atoms with Crippen LogP contribution in [0.5, 0.6) is 5.75 Å². The van der Waals surface area contributed by atoms with Crippen LogP contribution in [0.4, 0.5) is 0 Å². The molecule has 1 rings (SSSR count). The predicted molar refractivity (Wildman–Crippen MR) is 79.1 cm³/mol. The fourth-order valence-electron chi connectivity index (χ4n) is 1.55. The van der Waals surface area contributed by atoms with Gasteiger partial charge < -0.3 is 10.1 Å². The molecule has 0 aromatic heterocycles. The van der Waals surface area contributed by atoms with Crippen LogP contribution in [0.15, 0.2) is 29.2 Å². The number of ether oxygens (including phenoxy) is 1. The molecule has 2 N–H and O–H groups in total. The number of hydrogen-bond donors (Lipinski definition) is 2. The summed E-state index contributed by atoms with van der Waals surface area (Å²) in [5, 5.41) is 4.61. The first-order valence-electron chi connectivity index (χ1n) is 6.59. The van der Waals surface area contributed by atoms with Gasteiger partial charge in [-0.15, -0.1) is 4.83 Å². The van der Waals surface area contributed by atoms with Gasteiger partial charge in [-0.25, -0.2) is 13.4 Å². The van der Waals surface area contributed by atoms with Gasteiger partial charge in [0.15, 0.2) is 0 Å². The topological polar surface area (TPSA) is 70.7 Å². The summed E-state index contributed by atoms with van der Waals surface area (Å²) in [5.41, 5.74) is 0. The Morgan fingerprint density at radius 3 is 2.35 bits per heavy atom. The van der Waals surface area contributed by atoms with Crippen molar-refractivity contribution in [3.63, 3.8) is 0 Å². The molecule has 0 saturated carbocycles. The predicted octanol–water partition coefficient (Wildman–Crippen LogP) is 0.820. The molecule has 0 amide bonds. The molecule has 20 heavy (non-hydrogen) atoms. The van der Waals surface area contributed by atoms with Gasteiger partial charge in [-0.1, -0.05) is 6.92 Å². The van der Waals surface area contributed by atoms with E-state index in [0.29, 0.717) is 12.4 Å². The van der Waals surface area contributed by atoms with E-state index in [4.69, 9.17) is 4.74 Å². The van der Waals surface area contributed by atoms with E-state index in [1.165, 1.54) is 17.1 Å². The average Bonchev–Trinajstić information content (AvgIpc) is 2.37. The van der Waals surface area contributed by atoms with Crippen LogP contribution in [0.25, 0.3) is 0 Å². The van der Waals surface area contributed by atoms with Gasteiger partial charge in [0.05, 0.1) is 4.90 Å². The van der Waals surface area contributed by atoms with E-state index in [1.54, 1.807) is 26.2 Å². The van der Waals surface area contributed by atoms with Crippen molar-refractivity contribution in [2.75, 3.05) is 33.8 Å². The van der Waals surface area contributed by atoms with Crippen molar-refractivity contribution in [3.05, 3.63) is 24.3 Å². The number of benzene rings is 1. The van der Waals surface area contributed by atoms with Crippen LogP contribution in [0, 0.1) is 0 Å². The number of nitrogens with one attached hydrogen (secondary N) is 2. The summed E-state index contributed by atoms with van der Waals surface area (Å²) in [6.45, 7) is 4.41. The van der Waals surface area contributed by atoms with E-state index in [9.17, 15) is 8.42 Å². The van der Waals surface area contributed by atoms with Crippen LogP contribution in [0.3, 0.4) is 0 Å². The Labute approximate surface area is 121 Å². The van der Waals surface area contributed by atoms with E-state index in [0.717, 1.165) is 19.5 Å². The smallest absolute Gasteiger partial charge is 0.253 e. The Hall–Kier alpha value is -1.15. The van der Waals surface area contributed by atoms with Crippen molar-refractivity contribution in [2.24, 2.45) is 0 Å². The molecule has 7 heteroatoms. The van der Waals surface area contributed by atoms with Gasteiger partial charge in [-0.3, -0.25) is 0 Å². The largest absolute Gasteiger partial charge is 0.492 e. The highest BCUT2D eigenvalue weighted by Gasteiger charge is 2.14. The normalized spacial score (nSPS) is 11.8. The molecule has 0 atom stereocenters. The van der Waals surface area contributed by atoms with Crippen molar-refractivity contribution in [2.45, 2.75) is 18.2 Å². The van der Waals surface area contributed by atoms with Gasteiger partial charge in [0, 0.05) is 20.6 Å². The standard InChI is InChI=1S/C13H23N3O3S/c1-4-9-14-10-11-19-12-5-7-13(8-6-12)20(17,18)15-16(2)3/h5-8,14-15H,4,9-11H2,1-3H3. The number of sulfonamides is 1. The third kappa shape index (κ3) is 5.87. The van der Waals surface area contributed by atoms with Crippen molar-refractivity contribution < 1.29 is 13.2 Å². The van der Waals surface area contributed by atoms with E-state index in [1.807, 2.05) is 0 Å². The molecule has 0 aliphatic rings. The van der Waals surface area contributed by atoms with Crippen LogP contribution in [0.1, 0.15) is 13.3 Å². The van der Waals surface area contributed by atoms with Gasteiger partial charge in [-0.05, 0) is 37.2 Å². The first-order valence-corrected chi connectivity index (χ1v) is 8.07. The van der Waals surface area contributed by atoms with E-state index in [-0.39, 0.29) is 4.90 Å². The lowest BCUT2D eigenvalue weighted by Gasteiger charge is -2.13. The highest BCUT2D eigenvalue weighted by Crippen LogP contribution is 2.15. The Kier molecular flexibility index (Phi) is 6.94. The summed E-state index contributed by atoms with van der Waals surface area (Å²) in [6.07, 6.45) is 1.09. The molecular formula is C13H23N3O3S. The van der Waals surface area contributed by atoms with Crippen molar-refractivity contribution >= 4 is 10.0 Å². The molecule has 1 aromatic rings. The summed E-state index contributed by atoms with van der Waals surface area (Å²) in [4.78, 5) is 2.59. The molecule has 0 heterocycles. The second-order valence-electron chi connectivity index (χ2n) is 4.56. The molecule has 114 valence electrons. The van der Waals surface area contributed by atoms with Gasteiger partial charge >= 0.3 is 0 Å². The minimum atomic E-state index is -3.50. The zero-order valence-electron chi connectivity index (χ0n) is 12.2. The molecule has 0 bridgehead atoms. The van der Waals surface area contributed by atoms with E-state index >= 15 is 0 Å². The van der Waals surface area contributed by atoms with Gasteiger partial charge in [0.1, 0.15) is 12.4 Å². The third-order valence-corrected chi connectivity index (χ3v) is 3.91. The van der Waals surface area contributed by atoms with Gasteiger partial charge in [0.25, 0.3) is 10.0 Å². The quantitative estimate of drug-likeness (QED) is 0.522. The van der Waals surface area contributed by atoms with Crippen LogP contribution >= 0.6 is 0 Å². The minimum absolute atomic E-state index is 0.211. The Morgan fingerprint density at radius 1 is 1.15 bits per heavy atom. The second-order valence-corrected chi connectivity index (χ2v) is 6.22. The van der Waals surface area contributed by atoms with Gasteiger partial charge in [-0.2, -0.15) is 0 Å². The molecule has 0 unspecified atom stereocenters. The number of hydrogen-bond acceptors (Lipinski definition) is 5. The molecule has 0 radical (unpaired) electrons. The Morgan fingerprint density at radius 2 is 1.80 bits per heavy atom. The molecule has 0 aliphatic carbocycles. The molecule has 0 fully saturated rings. The highest BCUT2D eigenvalue weighted by molar-refractivity contribution is 7.89. The van der Waals surface area contributed by atoms with Crippen LogP contribution < -0.4 is 14.9 Å². The lowest BCUT2D eigenvalue weighted by Crippen LogP contribution is -2.36. The van der Waals surface area contributed by atoms with Crippen LogP contribution in [-0.2, 0) is 10.0 Å². The fraction of sp³-hybridized carbons (Fsp3) is 0.538. The average molecular weight is 301 g/mol. The maximum absolute atomic E-state index is 11.9. The van der Waals surface area contributed by atoms with Crippen LogP contribution in [-0.4, -0.2) is 47.2 Å². The zero-order valence-corrected chi connectivity index (χ0v) is 13.0. The molecule has 6 nitrogen and oxygen atoms in total. The summed E-state index contributed by atoms with van der Waals surface area (Å²) in [6, 6.07) is 6.37. The lowest BCUT2D eigenvalue weighted by molar-refractivity contribution is 0.314. The minimum Gasteiger partial charge on any atom is -0.492 e. The zero-order chi connectivity index (χ0) is 15.0. The number of nitrogens with zero attached hydrogens (tertiary/aromatic N) is 1. The number of hydrazine groups is 1. The summed E-state index contributed by atoms with van der Waals surface area (Å²) in [7, 11) is -0.254. The SMILES string of the molecule is CCCNCCOc1ccc(S(=O)(=O)NN(C)C)cc1. The Balaban J connectivity index is 2.52. The summed E-state index contributed by atoms with van der Waals surface area (Å²) < 4.78 is 29.3. The first-order chi connectivity index (χ1) is 9.45. The highest BCUT2D eigenvalue weighted by atomic mass is 32.2. The third-order valence-electron chi connectivity index (χ3n) is 2.41. The first kappa shape index (κ1) is 16.9. The summed E-state index contributed by atoms with van der Waals surface area (Å²) in [5.74, 6) is 0.659. The maximum Gasteiger partial charge on any atom is 0.253 e. The Bertz CT molecular complexity index is 486. The molecule has 0 saturated heterocycles. The molecular weight excluding hydrogens is 278 g/mol. The number of rotatable bonds is 9. The molecule has 0 spiro atoms.